The molecule has 0 aromatic heterocycles. The van der Waals surface area contributed by atoms with Crippen molar-refractivity contribution in [3.63, 3.8) is 0 Å². The number of hydrogen-bond acceptors (Lipinski definition) is 2. The van der Waals surface area contributed by atoms with Crippen LogP contribution in [0.1, 0.15) is 5.56 Å². The molecule has 0 amide bonds. The molecule has 0 atom stereocenters. The van der Waals surface area contributed by atoms with Crippen LogP contribution in [-0.2, 0) is 0 Å². The van der Waals surface area contributed by atoms with E-state index in [0.29, 0.717) is 5.57 Å². The minimum Gasteiger partial charge on any atom is -0.326 e. The molecule has 3 heteroatoms. The van der Waals surface area contributed by atoms with Crippen molar-refractivity contribution in [2.45, 2.75) is 0 Å². The first kappa shape index (κ1) is 9.43. The number of nitrogens with zero attached hydrogens (tertiary/aromatic N) is 1. The topological polar surface area (TPSA) is 49.8 Å². The lowest BCUT2D eigenvalue weighted by Gasteiger charge is -1.94. The van der Waals surface area contributed by atoms with Crippen molar-refractivity contribution in [1.29, 1.82) is 5.26 Å². The Kier molecular flexibility index (Phi) is 3.18. The van der Waals surface area contributed by atoms with E-state index in [1.807, 2.05) is 6.07 Å². The third kappa shape index (κ3) is 2.69. The van der Waals surface area contributed by atoms with Crippen LogP contribution >= 0.6 is 0 Å². The molecule has 2 N–H and O–H groups in total. The predicted octanol–water partition coefficient (Wildman–Crippen LogP) is 1.69. The van der Waals surface area contributed by atoms with Gasteiger partial charge in [0.05, 0.1) is 6.07 Å². The maximum Gasteiger partial charge on any atom is 0.123 e. The van der Waals surface area contributed by atoms with E-state index in [1.54, 1.807) is 18.2 Å². The summed E-state index contributed by atoms with van der Waals surface area (Å²) in [5.74, 6) is -0.289. The van der Waals surface area contributed by atoms with E-state index in [2.05, 4.69) is 0 Å². The summed E-state index contributed by atoms with van der Waals surface area (Å²) in [6.45, 7) is 0.202. The smallest absolute Gasteiger partial charge is 0.123 e. The van der Waals surface area contributed by atoms with Gasteiger partial charge in [-0.3, -0.25) is 0 Å². The van der Waals surface area contributed by atoms with Crippen LogP contribution in [0.2, 0.25) is 0 Å². The lowest BCUT2D eigenvalue weighted by Crippen LogP contribution is -2.00. The Balaban J connectivity index is 2.92. The molecule has 0 aliphatic carbocycles. The van der Waals surface area contributed by atoms with Crippen molar-refractivity contribution in [2.24, 2.45) is 5.73 Å². The zero-order valence-electron chi connectivity index (χ0n) is 7.00. The van der Waals surface area contributed by atoms with Gasteiger partial charge in [-0.25, -0.2) is 4.39 Å². The molecule has 0 spiro atoms. The van der Waals surface area contributed by atoms with Crippen molar-refractivity contribution >= 4 is 6.08 Å². The van der Waals surface area contributed by atoms with Gasteiger partial charge in [-0.15, -0.1) is 0 Å². The average Bonchev–Trinajstić information content (AvgIpc) is 2.17. The first-order chi connectivity index (χ1) is 6.26. The highest BCUT2D eigenvalue weighted by molar-refractivity contribution is 5.57. The van der Waals surface area contributed by atoms with Crippen LogP contribution in [0.4, 0.5) is 4.39 Å². The molecule has 0 bridgehead atoms. The highest BCUT2D eigenvalue weighted by Crippen LogP contribution is 2.06. The van der Waals surface area contributed by atoms with Crippen molar-refractivity contribution in [1.82, 2.24) is 0 Å². The summed E-state index contributed by atoms with van der Waals surface area (Å²) >= 11 is 0. The monoisotopic (exact) mass is 176 g/mol. The molecule has 66 valence electrons. The Morgan fingerprint density at radius 1 is 1.46 bits per heavy atom. The highest BCUT2D eigenvalue weighted by Gasteiger charge is 1.93. The summed E-state index contributed by atoms with van der Waals surface area (Å²) in [5, 5.41) is 8.57. The molecule has 1 rings (SSSR count). The van der Waals surface area contributed by atoms with E-state index >= 15 is 0 Å². The quantitative estimate of drug-likeness (QED) is 0.697. The Labute approximate surface area is 76.1 Å². The normalized spacial score (nSPS) is 11.0. The van der Waals surface area contributed by atoms with E-state index in [-0.39, 0.29) is 12.4 Å². The number of benzene rings is 1. The van der Waals surface area contributed by atoms with Gasteiger partial charge in [0.25, 0.3) is 0 Å². The molecule has 13 heavy (non-hydrogen) atoms. The number of rotatable bonds is 2. The summed E-state index contributed by atoms with van der Waals surface area (Å²) in [6.07, 6.45) is 1.64. The van der Waals surface area contributed by atoms with Crippen molar-refractivity contribution in [2.75, 3.05) is 6.54 Å². The minimum atomic E-state index is -0.289. The highest BCUT2D eigenvalue weighted by atomic mass is 19.1. The summed E-state index contributed by atoms with van der Waals surface area (Å²) in [5.41, 5.74) is 6.56. The van der Waals surface area contributed by atoms with Crippen LogP contribution in [0.15, 0.2) is 29.8 Å². The molecule has 0 fully saturated rings. The van der Waals surface area contributed by atoms with Crippen molar-refractivity contribution < 1.29 is 4.39 Å². The predicted molar refractivity (Wildman–Crippen MR) is 49.0 cm³/mol. The van der Waals surface area contributed by atoms with Gasteiger partial charge in [-0.05, 0) is 23.8 Å². The fourth-order valence-corrected chi connectivity index (χ4v) is 0.897. The van der Waals surface area contributed by atoms with Gasteiger partial charge in [-0.2, -0.15) is 5.26 Å². The Bertz CT molecular complexity index is 346. The van der Waals surface area contributed by atoms with Crippen molar-refractivity contribution in [3.8, 4) is 6.07 Å². The van der Waals surface area contributed by atoms with Crippen LogP contribution in [0.25, 0.3) is 6.08 Å². The van der Waals surface area contributed by atoms with Gasteiger partial charge in [0.15, 0.2) is 0 Å². The summed E-state index contributed by atoms with van der Waals surface area (Å²) in [4.78, 5) is 0. The number of hydrogen-bond donors (Lipinski definition) is 1. The zero-order valence-corrected chi connectivity index (χ0v) is 7.00. The van der Waals surface area contributed by atoms with Gasteiger partial charge in [0.2, 0.25) is 0 Å². The van der Waals surface area contributed by atoms with Crippen LogP contribution in [0.5, 0.6) is 0 Å². The molecule has 1 aromatic carbocycles. The molecule has 1 aromatic rings. The van der Waals surface area contributed by atoms with Gasteiger partial charge in [0, 0.05) is 12.1 Å². The third-order valence-corrected chi connectivity index (χ3v) is 1.57. The lowest BCUT2D eigenvalue weighted by atomic mass is 10.1. The van der Waals surface area contributed by atoms with Crippen LogP contribution in [0.3, 0.4) is 0 Å². The van der Waals surface area contributed by atoms with Crippen molar-refractivity contribution in [3.05, 3.63) is 41.2 Å². The number of nitriles is 1. The zero-order chi connectivity index (χ0) is 9.68. The lowest BCUT2D eigenvalue weighted by molar-refractivity contribution is 0.628. The Morgan fingerprint density at radius 3 is 2.54 bits per heavy atom. The van der Waals surface area contributed by atoms with Gasteiger partial charge in [-0.1, -0.05) is 12.1 Å². The molecule has 0 saturated heterocycles. The van der Waals surface area contributed by atoms with E-state index in [9.17, 15) is 4.39 Å². The molecule has 2 nitrogen and oxygen atoms in total. The molecular weight excluding hydrogens is 167 g/mol. The molecule has 0 radical (unpaired) electrons. The first-order valence-corrected chi connectivity index (χ1v) is 3.82. The van der Waals surface area contributed by atoms with Gasteiger partial charge < -0.3 is 5.73 Å². The number of nitrogens with two attached hydrogens (primary N) is 1. The second-order valence-electron chi connectivity index (χ2n) is 2.54. The summed E-state index contributed by atoms with van der Waals surface area (Å²) < 4.78 is 12.5. The molecule has 0 aliphatic heterocycles. The SMILES string of the molecule is N#C/C(=C/c1ccc(F)cc1)CN. The Hall–Kier alpha value is -1.66. The fraction of sp³-hybridized carbons (Fsp3) is 0.100. The molecule has 0 heterocycles. The summed E-state index contributed by atoms with van der Waals surface area (Å²) in [7, 11) is 0. The van der Waals surface area contributed by atoms with Gasteiger partial charge >= 0.3 is 0 Å². The molecule has 0 saturated carbocycles. The molecule has 0 unspecified atom stereocenters. The van der Waals surface area contributed by atoms with E-state index in [0.717, 1.165) is 5.56 Å². The second-order valence-corrected chi connectivity index (χ2v) is 2.54. The summed E-state index contributed by atoms with van der Waals surface area (Å²) in [6, 6.07) is 7.85. The largest absolute Gasteiger partial charge is 0.326 e. The van der Waals surface area contributed by atoms with Crippen LogP contribution in [-0.4, -0.2) is 6.54 Å². The molecule has 0 aliphatic rings. The van der Waals surface area contributed by atoms with E-state index in [1.165, 1.54) is 12.1 Å². The van der Waals surface area contributed by atoms with Gasteiger partial charge in [0.1, 0.15) is 5.82 Å². The maximum absolute atomic E-state index is 12.5. The average molecular weight is 176 g/mol. The first-order valence-electron chi connectivity index (χ1n) is 3.82. The Morgan fingerprint density at radius 2 is 2.08 bits per heavy atom. The van der Waals surface area contributed by atoms with Crippen LogP contribution < -0.4 is 5.73 Å². The minimum absolute atomic E-state index is 0.202. The fourth-order valence-electron chi connectivity index (χ4n) is 0.897. The van der Waals surface area contributed by atoms with E-state index < -0.39 is 0 Å². The third-order valence-electron chi connectivity index (χ3n) is 1.57. The second kappa shape index (κ2) is 4.39. The molecular formula is C10H9FN2. The standard InChI is InChI=1S/C10H9FN2/c11-10-3-1-8(2-4-10)5-9(6-12)7-13/h1-5H,6,12H2/b9-5+. The van der Waals surface area contributed by atoms with Crippen LogP contribution in [0, 0.1) is 17.1 Å². The number of halogens is 1. The maximum atomic E-state index is 12.5. The van der Waals surface area contributed by atoms with E-state index in [4.69, 9.17) is 11.0 Å².